The van der Waals surface area contributed by atoms with Crippen molar-refractivity contribution >= 4 is 5.91 Å². The minimum absolute atomic E-state index is 0.000836. The van der Waals surface area contributed by atoms with E-state index in [1.54, 1.807) is 17.3 Å². The lowest BCUT2D eigenvalue weighted by molar-refractivity contribution is -0.133. The number of aliphatic hydroxyl groups excluding tert-OH is 1. The topological polar surface area (TPSA) is 53.4 Å². The van der Waals surface area contributed by atoms with Crippen LogP contribution in [0.1, 0.15) is 24.0 Å². The summed E-state index contributed by atoms with van der Waals surface area (Å²) in [4.78, 5) is 18.4. The number of nitrogens with zero attached hydrogens (tertiary/aromatic N) is 2. The van der Waals surface area contributed by atoms with E-state index in [0.717, 1.165) is 11.1 Å². The molecule has 4 heteroatoms. The van der Waals surface area contributed by atoms with Crippen LogP contribution >= 0.6 is 0 Å². The first-order valence-electron chi connectivity index (χ1n) is 7.06. The smallest absolute Gasteiger partial charge is 0.230 e. The Hall–Kier alpha value is -2.20. The Morgan fingerprint density at radius 2 is 2.00 bits per heavy atom. The summed E-state index contributed by atoms with van der Waals surface area (Å²) >= 11 is 0. The van der Waals surface area contributed by atoms with Gasteiger partial charge in [-0.2, -0.15) is 0 Å². The maximum absolute atomic E-state index is 12.6. The standard InChI is InChI=1S/C17H20N2O2/c1-14(16-8-5-9-18-12-16)17(21)19(10-11-20)13-15-6-3-2-4-7-15/h2-9,12,14,20H,10-11,13H2,1H3. The first kappa shape index (κ1) is 15.2. The van der Waals surface area contributed by atoms with Crippen molar-refractivity contribution in [2.24, 2.45) is 0 Å². The Bertz CT molecular complexity index is 558. The predicted octanol–water partition coefficient (Wildman–Crippen LogP) is 2.21. The molecule has 110 valence electrons. The Morgan fingerprint density at radius 3 is 2.62 bits per heavy atom. The number of carbonyl (C=O) groups is 1. The molecule has 0 aliphatic rings. The summed E-state index contributed by atoms with van der Waals surface area (Å²) in [5.74, 6) is -0.269. The molecule has 0 bridgehead atoms. The van der Waals surface area contributed by atoms with E-state index in [1.165, 1.54) is 0 Å². The maximum Gasteiger partial charge on any atom is 0.230 e. The molecule has 1 aromatic heterocycles. The predicted molar refractivity (Wildman–Crippen MR) is 81.6 cm³/mol. The van der Waals surface area contributed by atoms with Gasteiger partial charge in [0, 0.05) is 25.5 Å². The number of aliphatic hydroxyl groups is 1. The fourth-order valence-corrected chi connectivity index (χ4v) is 2.24. The second-order valence-electron chi connectivity index (χ2n) is 4.98. The molecule has 1 amide bonds. The van der Waals surface area contributed by atoms with Gasteiger partial charge in [-0.25, -0.2) is 0 Å². The first-order chi connectivity index (χ1) is 10.2. The fraction of sp³-hybridized carbons (Fsp3) is 0.294. The Morgan fingerprint density at radius 1 is 1.24 bits per heavy atom. The van der Waals surface area contributed by atoms with E-state index >= 15 is 0 Å². The van der Waals surface area contributed by atoms with Crippen molar-refractivity contribution in [3.05, 3.63) is 66.0 Å². The van der Waals surface area contributed by atoms with E-state index in [4.69, 9.17) is 0 Å². The molecule has 2 aromatic rings. The van der Waals surface area contributed by atoms with Gasteiger partial charge in [-0.05, 0) is 24.1 Å². The van der Waals surface area contributed by atoms with Gasteiger partial charge in [0.25, 0.3) is 0 Å². The van der Waals surface area contributed by atoms with Crippen LogP contribution in [0.4, 0.5) is 0 Å². The Kier molecular flexibility index (Phi) is 5.46. The van der Waals surface area contributed by atoms with Gasteiger partial charge in [0.05, 0.1) is 12.5 Å². The van der Waals surface area contributed by atoms with Crippen molar-refractivity contribution in [2.45, 2.75) is 19.4 Å². The molecule has 4 nitrogen and oxygen atoms in total. The molecule has 0 fully saturated rings. The van der Waals surface area contributed by atoms with Crippen LogP contribution in [0.3, 0.4) is 0 Å². The van der Waals surface area contributed by atoms with Gasteiger partial charge in [-0.1, -0.05) is 36.4 Å². The van der Waals surface area contributed by atoms with Crippen molar-refractivity contribution in [2.75, 3.05) is 13.2 Å². The summed E-state index contributed by atoms with van der Waals surface area (Å²) in [6.45, 7) is 2.66. The largest absolute Gasteiger partial charge is 0.395 e. The quantitative estimate of drug-likeness (QED) is 0.885. The minimum atomic E-state index is -0.269. The zero-order valence-corrected chi connectivity index (χ0v) is 12.1. The highest BCUT2D eigenvalue weighted by atomic mass is 16.3. The van der Waals surface area contributed by atoms with Crippen LogP contribution < -0.4 is 0 Å². The number of benzene rings is 1. The third-order valence-electron chi connectivity index (χ3n) is 3.45. The van der Waals surface area contributed by atoms with Crippen molar-refractivity contribution in [3.8, 4) is 0 Å². The van der Waals surface area contributed by atoms with Crippen LogP contribution in [0.2, 0.25) is 0 Å². The third kappa shape index (κ3) is 4.13. The van der Waals surface area contributed by atoms with Gasteiger partial charge in [-0.15, -0.1) is 0 Å². The average molecular weight is 284 g/mol. The monoisotopic (exact) mass is 284 g/mol. The zero-order chi connectivity index (χ0) is 15.1. The highest BCUT2D eigenvalue weighted by Crippen LogP contribution is 2.18. The molecule has 1 aromatic carbocycles. The highest BCUT2D eigenvalue weighted by molar-refractivity contribution is 5.83. The lowest BCUT2D eigenvalue weighted by Gasteiger charge is -2.25. The van der Waals surface area contributed by atoms with Gasteiger partial charge < -0.3 is 10.0 Å². The van der Waals surface area contributed by atoms with Gasteiger partial charge in [0.15, 0.2) is 0 Å². The second kappa shape index (κ2) is 7.55. The first-order valence-corrected chi connectivity index (χ1v) is 7.06. The molecule has 0 aliphatic heterocycles. The summed E-state index contributed by atoms with van der Waals surface area (Å²) in [7, 11) is 0. The summed E-state index contributed by atoms with van der Waals surface area (Å²) in [6, 6.07) is 13.5. The molecule has 1 atom stereocenters. The molecule has 0 aliphatic carbocycles. The Labute approximate surface area is 125 Å². The van der Waals surface area contributed by atoms with Crippen molar-refractivity contribution < 1.29 is 9.90 Å². The number of aromatic nitrogens is 1. The molecule has 21 heavy (non-hydrogen) atoms. The summed E-state index contributed by atoms with van der Waals surface area (Å²) in [5, 5.41) is 9.21. The maximum atomic E-state index is 12.6. The number of amides is 1. The number of pyridine rings is 1. The van der Waals surface area contributed by atoms with Crippen LogP contribution in [0.5, 0.6) is 0 Å². The number of carbonyl (C=O) groups excluding carboxylic acids is 1. The van der Waals surface area contributed by atoms with Crippen LogP contribution in [-0.2, 0) is 11.3 Å². The molecule has 0 saturated heterocycles. The average Bonchev–Trinajstić information content (AvgIpc) is 2.55. The number of hydrogen-bond donors (Lipinski definition) is 1. The normalized spacial score (nSPS) is 11.9. The lowest BCUT2D eigenvalue weighted by atomic mass is 10.0. The van der Waals surface area contributed by atoms with Crippen LogP contribution in [0.25, 0.3) is 0 Å². The Balaban J connectivity index is 2.12. The molecule has 0 spiro atoms. The molecule has 1 N–H and O–H groups in total. The third-order valence-corrected chi connectivity index (χ3v) is 3.45. The van der Waals surface area contributed by atoms with E-state index in [9.17, 15) is 9.90 Å². The zero-order valence-electron chi connectivity index (χ0n) is 12.1. The molecule has 0 saturated carbocycles. The molecular formula is C17H20N2O2. The molecule has 1 unspecified atom stereocenters. The lowest BCUT2D eigenvalue weighted by Crippen LogP contribution is -2.36. The second-order valence-corrected chi connectivity index (χ2v) is 4.98. The van der Waals surface area contributed by atoms with Gasteiger partial charge in [0.1, 0.15) is 0 Å². The SMILES string of the molecule is CC(C(=O)N(CCO)Cc1ccccc1)c1cccnc1. The van der Waals surface area contributed by atoms with Crippen LogP contribution in [-0.4, -0.2) is 34.0 Å². The number of rotatable bonds is 6. The van der Waals surface area contributed by atoms with Gasteiger partial charge in [-0.3, -0.25) is 9.78 Å². The number of hydrogen-bond acceptors (Lipinski definition) is 3. The highest BCUT2D eigenvalue weighted by Gasteiger charge is 2.21. The van der Waals surface area contributed by atoms with Crippen molar-refractivity contribution in [1.82, 2.24) is 9.88 Å². The molecular weight excluding hydrogens is 264 g/mol. The minimum Gasteiger partial charge on any atom is -0.395 e. The van der Waals surface area contributed by atoms with Gasteiger partial charge >= 0.3 is 0 Å². The van der Waals surface area contributed by atoms with Crippen molar-refractivity contribution in [1.29, 1.82) is 0 Å². The van der Waals surface area contributed by atoms with E-state index in [-0.39, 0.29) is 18.4 Å². The molecule has 0 radical (unpaired) electrons. The van der Waals surface area contributed by atoms with Crippen LogP contribution in [0.15, 0.2) is 54.9 Å². The summed E-state index contributed by atoms with van der Waals surface area (Å²) in [6.07, 6.45) is 3.40. The molecule has 1 heterocycles. The van der Waals surface area contributed by atoms with Crippen molar-refractivity contribution in [3.63, 3.8) is 0 Å². The summed E-state index contributed by atoms with van der Waals surface area (Å²) < 4.78 is 0. The van der Waals surface area contributed by atoms with E-state index in [0.29, 0.717) is 13.1 Å². The van der Waals surface area contributed by atoms with Gasteiger partial charge in [0.2, 0.25) is 5.91 Å². The molecule has 2 rings (SSSR count). The summed E-state index contributed by atoms with van der Waals surface area (Å²) in [5.41, 5.74) is 1.94. The van der Waals surface area contributed by atoms with E-state index in [1.807, 2.05) is 49.4 Å². The van der Waals surface area contributed by atoms with E-state index < -0.39 is 0 Å². The fourth-order valence-electron chi connectivity index (χ4n) is 2.24. The van der Waals surface area contributed by atoms with Crippen LogP contribution in [0, 0.1) is 0 Å². The van der Waals surface area contributed by atoms with E-state index in [2.05, 4.69) is 4.98 Å².